The molecule has 1 aromatic heterocycles. The van der Waals surface area contributed by atoms with Gasteiger partial charge in [-0.05, 0) is 43.2 Å². The minimum absolute atomic E-state index is 0.0159. The van der Waals surface area contributed by atoms with Crippen LogP contribution in [0.25, 0.3) is 11.0 Å². The van der Waals surface area contributed by atoms with Crippen molar-refractivity contribution < 1.29 is 19.0 Å². The number of ether oxygens (including phenoxy) is 1. The molecule has 0 saturated carbocycles. The lowest BCUT2D eigenvalue weighted by molar-refractivity contribution is -0.0436. The minimum Gasteiger partial charge on any atom is -0.394 e. The normalized spacial score (nSPS) is 23.3. The maximum absolute atomic E-state index is 14.8. The van der Waals surface area contributed by atoms with E-state index < -0.39 is 5.82 Å². The van der Waals surface area contributed by atoms with Crippen molar-refractivity contribution in [3.05, 3.63) is 29.8 Å². The van der Waals surface area contributed by atoms with Crippen LogP contribution in [0.1, 0.15) is 36.0 Å². The zero-order valence-electron chi connectivity index (χ0n) is 14.0. The monoisotopic (exact) mass is 347 g/mol. The standard InChI is InChI=1S/C18H22FN3O3/c19-15-13(1-2-14-16(15)21-11-20-14)17(24)22-10-18(4-3-12(22)9-23)5-7-25-8-6-18/h1-2,11-12,23H,3-10H2,(H,20,21). The Hall–Kier alpha value is -1.99. The summed E-state index contributed by atoms with van der Waals surface area (Å²) in [4.78, 5) is 21.5. The molecule has 1 amide bonds. The van der Waals surface area contributed by atoms with E-state index in [1.165, 1.54) is 12.4 Å². The minimum atomic E-state index is -0.605. The number of likely N-dealkylation sites (tertiary alicyclic amines) is 1. The fourth-order valence-corrected chi connectivity index (χ4v) is 4.13. The van der Waals surface area contributed by atoms with Gasteiger partial charge in [0.1, 0.15) is 5.52 Å². The van der Waals surface area contributed by atoms with E-state index in [1.54, 1.807) is 11.0 Å². The molecule has 3 heterocycles. The Bertz CT molecular complexity index is 785. The molecular weight excluding hydrogens is 325 g/mol. The van der Waals surface area contributed by atoms with Crippen LogP contribution in [0.3, 0.4) is 0 Å². The Kier molecular flexibility index (Phi) is 4.21. The van der Waals surface area contributed by atoms with E-state index in [0.29, 0.717) is 25.3 Å². The number of hydrogen-bond acceptors (Lipinski definition) is 4. The fourth-order valence-electron chi connectivity index (χ4n) is 4.13. The zero-order valence-corrected chi connectivity index (χ0v) is 14.0. The summed E-state index contributed by atoms with van der Waals surface area (Å²) in [5.74, 6) is -0.973. The van der Waals surface area contributed by atoms with E-state index in [-0.39, 0.29) is 35.1 Å². The van der Waals surface area contributed by atoms with Gasteiger partial charge < -0.3 is 19.7 Å². The number of aliphatic hydroxyl groups excluding tert-OH is 1. The first-order valence-electron chi connectivity index (χ1n) is 8.75. The molecule has 0 aliphatic carbocycles. The van der Waals surface area contributed by atoms with Gasteiger partial charge in [-0.25, -0.2) is 9.37 Å². The number of H-pyrrole nitrogens is 1. The summed E-state index contributed by atoms with van der Waals surface area (Å²) in [7, 11) is 0. The second-order valence-corrected chi connectivity index (χ2v) is 7.15. The SMILES string of the molecule is O=C(c1ccc2[nH]cnc2c1F)N1CC2(CCOCC2)CCC1CO. The number of aliphatic hydroxyl groups is 1. The van der Waals surface area contributed by atoms with Gasteiger partial charge >= 0.3 is 0 Å². The number of carbonyl (C=O) groups is 1. The van der Waals surface area contributed by atoms with Crippen molar-refractivity contribution in [3.8, 4) is 0 Å². The molecule has 1 atom stereocenters. The van der Waals surface area contributed by atoms with Gasteiger partial charge in [-0.3, -0.25) is 4.79 Å². The van der Waals surface area contributed by atoms with Crippen molar-refractivity contribution in [2.75, 3.05) is 26.4 Å². The third-order valence-electron chi connectivity index (χ3n) is 5.74. The van der Waals surface area contributed by atoms with Crippen LogP contribution in [0.4, 0.5) is 4.39 Å². The summed E-state index contributed by atoms with van der Waals surface area (Å²) in [5, 5.41) is 9.72. The van der Waals surface area contributed by atoms with Crippen LogP contribution in [-0.4, -0.2) is 58.3 Å². The second kappa shape index (κ2) is 6.38. The molecule has 2 aliphatic heterocycles. The Balaban J connectivity index is 1.66. The number of carbonyl (C=O) groups excluding carboxylic acids is 1. The number of imidazole rings is 1. The number of fused-ring (bicyclic) bond motifs is 1. The van der Waals surface area contributed by atoms with E-state index in [2.05, 4.69) is 9.97 Å². The van der Waals surface area contributed by atoms with E-state index >= 15 is 0 Å². The number of amides is 1. The predicted octanol–water partition coefficient (Wildman–Crippen LogP) is 2.10. The van der Waals surface area contributed by atoms with Crippen LogP contribution in [0.2, 0.25) is 0 Å². The molecule has 2 aliphatic rings. The number of rotatable bonds is 2. The molecule has 2 aromatic rings. The third-order valence-corrected chi connectivity index (χ3v) is 5.74. The largest absolute Gasteiger partial charge is 0.394 e. The van der Waals surface area contributed by atoms with Gasteiger partial charge in [-0.15, -0.1) is 0 Å². The first-order valence-corrected chi connectivity index (χ1v) is 8.75. The number of nitrogens with zero attached hydrogens (tertiary/aromatic N) is 2. The van der Waals surface area contributed by atoms with Crippen LogP contribution < -0.4 is 0 Å². The number of halogens is 1. The molecule has 1 aromatic carbocycles. The lowest BCUT2D eigenvalue weighted by Gasteiger charge is -2.48. The third kappa shape index (κ3) is 2.81. The Morgan fingerprint density at radius 2 is 2.20 bits per heavy atom. The van der Waals surface area contributed by atoms with Crippen molar-refractivity contribution in [2.45, 2.75) is 31.7 Å². The van der Waals surface area contributed by atoms with Gasteiger partial charge in [0.2, 0.25) is 0 Å². The summed E-state index contributed by atoms with van der Waals surface area (Å²) in [6, 6.07) is 2.90. The van der Waals surface area contributed by atoms with Crippen molar-refractivity contribution >= 4 is 16.9 Å². The van der Waals surface area contributed by atoms with Crippen molar-refractivity contribution in [1.29, 1.82) is 0 Å². The maximum Gasteiger partial charge on any atom is 0.257 e. The molecule has 2 fully saturated rings. The van der Waals surface area contributed by atoms with Crippen molar-refractivity contribution in [3.63, 3.8) is 0 Å². The summed E-state index contributed by atoms with van der Waals surface area (Å²) in [6.07, 6.45) is 4.91. The summed E-state index contributed by atoms with van der Waals surface area (Å²) >= 11 is 0. The van der Waals surface area contributed by atoms with E-state index in [0.717, 1.165) is 25.7 Å². The van der Waals surface area contributed by atoms with Gasteiger partial charge in [-0.1, -0.05) is 0 Å². The second-order valence-electron chi connectivity index (χ2n) is 7.15. The molecular formula is C18H22FN3O3. The van der Waals surface area contributed by atoms with E-state index in [9.17, 15) is 14.3 Å². The van der Waals surface area contributed by atoms with Crippen LogP contribution in [0.5, 0.6) is 0 Å². The molecule has 25 heavy (non-hydrogen) atoms. The smallest absolute Gasteiger partial charge is 0.257 e. The summed E-state index contributed by atoms with van der Waals surface area (Å²) in [6.45, 7) is 1.82. The van der Waals surface area contributed by atoms with E-state index in [4.69, 9.17) is 4.74 Å². The van der Waals surface area contributed by atoms with Crippen LogP contribution >= 0.6 is 0 Å². The molecule has 2 N–H and O–H groups in total. The predicted molar refractivity (Wildman–Crippen MR) is 89.7 cm³/mol. The molecule has 7 heteroatoms. The highest BCUT2D eigenvalue weighted by Crippen LogP contribution is 2.41. The first kappa shape index (κ1) is 16.5. The zero-order chi connectivity index (χ0) is 17.4. The molecule has 4 rings (SSSR count). The van der Waals surface area contributed by atoms with E-state index in [1.807, 2.05) is 0 Å². The molecule has 0 radical (unpaired) electrons. The summed E-state index contributed by atoms with van der Waals surface area (Å²) in [5.41, 5.74) is 0.769. The number of benzene rings is 1. The molecule has 6 nitrogen and oxygen atoms in total. The molecule has 134 valence electrons. The van der Waals surface area contributed by atoms with Gasteiger partial charge in [0.15, 0.2) is 5.82 Å². The number of nitrogens with one attached hydrogen (secondary N) is 1. The highest BCUT2D eigenvalue weighted by molar-refractivity contribution is 5.98. The Morgan fingerprint density at radius 1 is 1.40 bits per heavy atom. The van der Waals surface area contributed by atoms with Crippen molar-refractivity contribution in [2.24, 2.45) is 5.41 Å². The molecule has 0 bridgehead atoms. The number of aromatic nitrogens is 2. The number of aromatic amines is 1. The Morgan fingerprint density at radius 3 is 2.96 bits per heavy atom. The fraction of sp³-hybridized carbons (Fsp3) is 0.556. The summed E-state index contributed by atoms with van der Waals surface area (Å²) < 4.78 is 20.2. The molecule has 1 spiro atoms. The number of piperidine rings is 1. The van der Waals surface area contributed by atoms with Gasteiger partial charge in [-0.2, -0.15) is 0 Å². The molecule has 2 saturated heterocycles. The van der Waals surface area contributed by atoms with Gasteiger partial charge in [0, 0.05) is 19.8 Å². The van der Waals surface area contributed by atoms with Crippen molar-refractivity contribution in [1.82, 2.24) is 14.9 Å². The first-order chi connectivity index (χ1) is 12.1. The maximum atomic E-state index is 14.8. The number of hydrogen-bond donors (Lipinski definition) is 2. The lowest BCUT2D eigenvalue weighted by atomic mass is 9.72. The topological polar surface area (TPSA) is 78.5 Å². The van der Waals surface area contributed by atoms with Gasteiger partial charge in [0.05, 0.1) is 30.1 Å². The average Bonchev–Trinajstić information content (AvgIpc) is 3.12. The van der Waals surface area contributed by atoms with Crippen LogP contribution in [0.15, 0.2) is 18.5 Å². The quantitative estimate of drug-likeness (QED) is 0.872. The van der Waals surface area contributed by atoms with Crippen LogP contribution in [-0.2, 0) is 4.74 Å². The average molecular weight is 347 g/mol. The Labute approximate surface area is 145 Å². The highest BCUT2D eigenvalue weighted by atomic mass is 19.1. The van der Waals surface area contributed by atoms with Gasteiger partial charge in [0.25, 0.3) is 5.91 Å². The lowest BCUT2D eigenvalue weighted by Crippen LogP contribution is -2.54. The highest BCUT2D eigenvalue weighted by Gasteiger charge is 2.42. The van der Waals surface area contributed by atoms with Crippen LogP contribution in [0, 0.1) is 11.2 Å². The molecule has 1 unspecified atom stereocenters.